The number of pyridine rings is 1. The molecule has 0 aliphatic rings. The van der Waals surface area contributed by atoms with Crippen LogP contribution in [0.1, 0.15) is 22.8 Å². The lowest BCUT2D eigenvalue weighted by Gasteiger charge is -2.10. The molecule has 0 bridgehead atoms. The van der Waals surface area contributed by atoms with Gasteiger partial charge in [0, 0.05) is 6.07 Å². The van der Waals surface area contributed by atoms with Crippen LogP contribution in [0.2, 0.25) is 0 Å². The maximum absolute atomic E-state index is 12.2. The number of ether oxygens (including phenoxy) is 1. The smallest absolute Gasteiger partial charge is 0.290 e. The molecule has 5 nitrogen and oxygen atoms in total. The molecular weight excluding hydrogens is 280 g/mol. The number of Topliss-reactive ketones (excluding diaryl/α,β-unsaturated/α-hetero) is 1. The number of methoxy groups -OCH3 is 1. The molecule has 0 fully saturated rings. The van der Waals surface area contributed by atoms with Gasteiger partial charge in [-0.05, 0) is 37.6 Å². The van der Waals surface area contributed by atoms with E-state index in [1.165, 1.54) is 6.92 Å². The lowest BCUT2D eigenvalue weighted by Crippen LogP contribution is -2.40. The van der Waals surface area contributed by atoms with Crippen molar-refractivity contribution in [2.24, 2.45) is 0 Å². The molecule has 0 saturated heterocycles. The molecule has 0 saturated carbocycles. The van der Waals surface area contributed by atoms with Crippen molar-refractivity contribution < 1.29 is 18.9 Å². The van der Waals surface area contributed by atoms with E-state index in [0.29, 0.717) is 17.0 Å². The van der Waals surface area contributed by atoms with E-state index in [4.69, 9.17) is 4.74 Å². The highest BCUT2D eigenvalue weighted by Gasteiger charge is 2.14. The number of aryl methyl sites for hydroxylation is 1. The first-order valence-electron chi connectivity index (χ1n) is 6.94. The van der Waals surface area contributed by atoms with Crippen LogP contribution >= 0.6 is 0 Å². The van der Waals surface area contributed by atoms with Gasteiger partial charge in [0.05, 0.1) is 18.4 Å². The molecule has 5 heteroatoms. The fourth-order valence-electron chi connectivity index (χ4n) is 2.10. The number of rotatable bonds is 5. The number of nitrogens with zero attached hydrogens (tertiary/aromatic N) is 1. The Hall–Kier alpha value is -2.69. The highest BCUT2D eigenvalue weighted by molar-refractivity contribution is 5.93. The summed E-state index contributed by atoms with van der Waals surface area (Å²) >= 11 is 0. The monoisotopic (exact) mass is 299 g/mol. The zero-order chi connectivity index (χ0) is 16.1. The van der Waals surface area contributed by atoms with Crippen molar-refractivity contribution >= 4 is 17.4 Å². The molecule has 1 N–H and O–H groups in total. The minimum Gasteiger partial charge on any atom is -0.495 e. The number of ketones is 1. The number of carbonyl (C=O) groups excluding carboxylic acids is 2. The van der Waals surface area contributed by atoms with Crippen LogP contribution in [0, 0.1) is 6.92 Å². The van der Waals surface area contributed by atoms with Crippen molar-refractivity contribution in [1.82, 2.24) is 0 Å². The van der Waals surface area contributed by atoms with Crippen LogP contribution in [-0.4, -0.2) is 18.8 Å². The van der Waals surface area contributed by atoms with Crippen molar-refractivity contribution in [3.63, 3.8) is 0 Å². The summed E-state index contributed by atoms with van der Waals surface area (Å²) in [5, 5.41) is 2.83. The lowest BCUT2D eigenvalue weighted by atomic mass is 10.2. The number of benzene rings is 1. The van der Waals surface area contributed by atoms with Gasteiger partial charge in [-0.1, -0.05) is 6.07 Å². The van der Waals surface area contributed by atoms with Gasteiger partial charge in [0.2, 0.25) is 6.54 Å². The molecule has 22 heavy (non-hydrogen) atoms. The predicted molar refractivity (Wildman–Crippen MR) is 83.0 cm³/mol. The summed E-state index contributed by atoms with van der Waals surface area (Å²) in [6, 6.07) is 9.05. The molecule has 0 atom stereocenters. The summed E-state index contributed by atoms with van der Waals surface area (Å²) in [5.74, 6) is 0.395. The normalized spacial score (nSPS) is 10.1. The largest absolute Gasteiger partial charge is 0.495 e. The Balaban J connectivity index is 2.12. The van der Waals surface area contributed by atoms with Gasteiger partial charge in [-0.15, -0.1) is 0 Å². The van der Waals surface area contributed by atoms with Crippen LogP contribution in [0.3, 0.4) is 0 Å². The minimum atomic E-state index is -0.186. The standard InChI is InChI=1S/C17H18N2O3/c1-12-6-7-16(22-3)15(9-12)18-17(21)11-19-8-4-5-14(10-19)13(2)20/h4-10H,11H2,1-3H3/p+1. The summed E-state index contributed by atoms with van der Waals surface area (Å²) in [5.41, 5.74) is 2.24. The minimum absolute atomic E-state index is 0.0323. The highest BCUT2D eigenvalue weighted by atomic mass is 16.5. The lowest BCUT2D eigenvalue weighted by molar-refractivity contribution is -0.684. The molecule has 0 spiro atoms. The van der Waals surface area contributed by atoms with Gasteiger partial charge in [0.1, 0.15) is 5.75 Å². The molecule has 1 aromatic carbocycles. The van der Waals surface area contributed by atoms with Crippen molar-refractivity contribution in [1.29, 1.82) is 0 Å². The second-order valence-electron chi connectivity index (χ2n) is 5.07. The first kappa shape index (κ1) is 15.7. The molecule has 1 amide bonds. The van der Waals surface area contributed by atoms with Crippen LogP contribution < -0.4 is 14.6 Å². The van der Waals surface area contributed by atoms with Crippen LogP contribution in [0.4, 0.5) is 5.69 Å². The van der Waals surface area contributed by atoms with Crippen molar-refractivity contribution in [2.75, 3.05) is 12.4 Å². The van der Waals surface area contributed by atoms with E-state index >= 15 is 0 Å². The molecular formula is C17H19N2O3+. The van der Waals surface area contributed by atoms with Gasteiger partial charge in [-0.3, -0.25) is 9.59 Å². The number of anilines is 1. The number of carbonyl (C=O) groups is 2. The maximum Gasteiger partial charge on any atom is 0.290 e. The van der Waals surface area contributed by atoms with Crippen molar-refractivity contribution in [3.8, 4) is 5.75 Å². The summed E-state index contributed by atoms with van der Waals surface area (Å²) in [6.07, 6.45) is 3.41. The third-order valence-electron chi connectivity index (χ3n) is 3.22. The van der Waals surface area contributed by atoms with E-state index < -0.39 is 0 Å². The predicted octanol–water partition coefficient (Wildman–Crippen LogP) is 2.13. The fraction of sp³-hybridized carbons (Fsp3) is 0.235. The molecule has 0 aliphatic heterocycles. The van der Waals surface area contributed by atoms with Crippen LogP contribution in [0.5, 0.6) is 5.75 Å². The zero-order valence-corrected chi connectivity index (χ0v) is 12.9. The Bertz CT molecular complexity index is 711. The molecule has 0 unspecified atom stereocenters. The third-order valence-corrected chi connectivity index (χ3v) is 3.22. The Morgan fingerprint density at radius 2 is 2.05 bits per heavy atom. The Morgan fingerprint density at radius 3 is 2.73 bits per heavy atom. The SMILES string of the molecule is COc1ccc(C)cc1NC(=O)C[n+]1cccc(C(C)=O)c1. The molecule has 114 valence electrons. The number of nitrogens with one attached hydrogen (secondary N) is 1. The van der Waals surface area contributed by atoms with E-state index in [2.05, 4.69) is 5.32 Å². The summed E-state index contributed by atoms with van der Waals surface area (Å²) in [7, 11) is 1.56. The topological polar surface area (TPSA) is 59.3 Å². The average molecular weight is 299 g/mol. The average Bonchev–Trinajstić information content (AvgIpc) is 2.47. The van der Waals surface area contributed by atoms with Crippen molar-refractivity contribution in [2.45, 2.75) is 20.4 Å². The maximum atomic E-state index is 12.2. The third kappa shape index (κ3) is 3.91. The molecule has 1 heterocycles. The molecule has 0 radical (unpaired) electrons. The van der Waals surface area contributed by atoms with Crippen LogP contribution in [0.15, 0.2) is 42.7 Å². The molecule has 1 aromatic heterocycles. The van der Waals surface area contributed by atoms with Crippen LogP contribution in [-0.2, 0) is 11.3 Å². The second kappa shape index (κ2) is 6.85. The van der Waals surface area contributed by atoms with Gasteiger partial charge in [0.25, 0.3) is 5.91 Å². The summed E-state index contributed by atoms with van der Waals surface area (Å²) < 4.78 is 6.91. The van der Waals surface area contributed by atoms with Gasteiger partial charge in [0.15, 0.2) is 18.2 Å². The second-order valence-corrected chi connectivity index (χ2v) is 5.07. The van der Waals surface area contributed by atoms with E-state index in [9.17, 15) is 9.59 Å². The number of hydrogen-bond acceptors (Lipinski definition) is 3. The summed E-state index contributed by atoms with van der Waals surface area (Å²) in [6.45, 7) is 3.57. The Morgan fingerprint density at radius 1 is 1.27 bits per heavy atom. The first-order chi connectivity index (χ1) is 10.5. The Labute approximate surface area is 129 Å². The number of aromatic nitrogens is 1. The summed E-state index contributed by atoms with van der Waals surface area (Å²) in [4.78, 5) is 23.5. The van der Waals surface area contributed by atoms with E-state index in [1.807, 2.05) is 25.1 Å². The van der Waals surface area contributed by atoms with E-state index in [0.717, 1.165) is 5.56 Å². The van der Waals surface area contributed by atoms with Crippen LogP contribution in [0.25, 0.3) is 0 Å². The Kier molecular flexibility index (Phi) is 4.88. The number of amides is 1. The molecule has 2 rings (SSSR count). The molecule has 2 aromatic rings. The van der Waals surface area contributed by atoms with E-state index in [-0.39, 0.29) is 18.2 Å². The first-order valence-corrected chi connectivity index (χ1v) is 6.94. The van der Waals surface area contributed by atoms with Gasteiger partial charge in [-0.2, -0.15) is 4.57 Å². The zero-order valence-electron chi connectivity index (χ0n) is 12.9. The quantitative estimate of drug-likeness (QED) is 0.679. The van der Waals surface area contributed by atoms with Crippen molar-refractivity contribution in [3.05, 3.63) is 53.9 Å². The molecule has 0 aliphatic carbocycles. The number of hydrogen-bond donors (Lipinski definition) is 1. The van der Waals surface area contributed by atoms with Gasteiger partial charge in [-0.25, -0.2) is 0 Å². The van der Waals surface area contributed by atoms with Gasteiger partial charge < -0.3 is 10.1 Å². The fourth-order valence-corrected chi connectivity index (χ4v) is 2.10. The highest BCUT2D eigenvalue weighted by Crippen LogP contribution is 2.24. The van der Waals surface area contributed by atoms with E-state index in [1.54, 1.807) is 36.2 Å². The van der Waals surface area contributed by atoms with Gasteiger partial charge >= 0.3 is 0 Å².